The van der Waals surface area contributed by atoms with Gasteiger partial charge in [0, 0.05) is 10.6 Å². The number of alkyl halides is 3. The van der Waals surface area contributed by atoms with Crippen molar-refractivity contribution in [2.24, 2.45) is 0 Å². The van der Waals surface area contributed by atoms with Crippen LogP contribution in [0, 0.1) is 0 Å². The van der Waals surface area contributed by atoms with Crippen LogP contribution in [0.15, 0.2) is 71.6 Å². The Balaban J connectivity index is 1.72. The number of halogens is 3. The van der Waals surface area contributed by atoms with Crippen LogP contribution in [0.3, 0.4) is 0 Å². The summed E-state index contributed by atoms with van der Waals surface area (Å²) in [5.74, 6) is 0.394. The number of carboxylic acids is 1. The molecule has 3 aromatic carbocycles. The molecule has 7 heteroatoms. The molecule has 0 aliphatic carbocycles. The predicted octanol–water partition coefficient (Wildman–Crippen LogP) is 7.25. The van der Waals surface area contributed by atoms with Crippen molar-refractivity contribution in [2.45, 2.75) is 36.6 Å². The van der Waals surface area contributed by atoms with Crippen molar-refractivity contribution in [2.75, 3.05) is 6.61 Å². The summed E-state index contributed by atoms with van der Waals surface area (Å²) in [7, 11) is 0. The average molecular weight is 461 g/mol. The monoisotopic (exact) mass is 460 g/mol. The number of carbonyl (C=O) groups is 1. The number of aliphatic carboxylic acids is 1. The van der Waals surface area contributed by atoms with E-state index in [1.54, 1.807) is 17.8 Å². The Morgan fingerprint density at radius 3 is 2.34 bits per heavy atom. The number of hydrogen-bond acceptors (Lipinski definition) is 3. The first kappa shape index (κ1) is 23.7. The van der Waals surface area contributed by atoms with Gasteiger partial charge >= 0.3 is 12.1 Å². The zero-order valence-corrected chi connectivity index (χ0v) is 18.5. The molecule has 168 valence electrons. The van der Waals surface area contributed by atoms with Crippen LogP contribution in [-0.2, 0) is 16.7 Å². The Bertz CT molecular complexity index is 1080. The highest BCUT2D eigenvalue weighted by molar-refractivity contribution is 7.98. The lowest BCUT2D eigenvalue weighted by Crippen LogP contribution is -2.10. The fourth-order valence-electron chi connectivity index (χ4n) is 3.20. The van der Waals surface area contributed by atoms with E-state index in [0.29, 0.717) is 11.5 Å². The molecule has 32 heavy (non-hydrogen) atoms. The maximum atomic E-state index is 12.8. The molecule has 0 radical (unpaired) electrons. The molecule has 3 nitrogen and oxygen atoms in total. The second-order valence-electron chi connectivity index (χ2n) is 7.60. The predicted molar refractivity (Wildman–Crippen MR) is 120 cm³/mol. The van der Waals surface area contributed by atoms with Crippen molar-refractivity contribution in [3.63, 3.8) is 0 Å². The van der Waals surface area contributed by atoms with Gasteiger partial charge < -0.3 is 9.84 Å². The van der Waals surface area contributed by atoms with Gasteiger partial charge in [0.1, 0.15) is 5.75 Å². The minimum absolute atomic E-state index is 0.169. The standard InChI is InChI=1S/C25H23F3O3S/c1-16(2)22-13-21(10-11-23(22)31-14-24(29)30)32-15-17-4-3-5-19(12-17)18-6-8-20(9-7-18)25(26,27)28/h3-13,16H,14-15H2,1-2H3,(H,29,30). The number of rotatable bonds is 8. The Morgan fingerprint density at radius 2 is 1.72 bits per heavy atom. The van der Waals surface area contributed by atoms with Crippen LogP contribution in [0.1, 0.15) is 36.5 Å². The van der Waals surface area contributed by atoms with Crippen LogP contribution < -0.4 is 4.74 Å². The molecule has 1 N–H and O–H groups in total. The third-order valence-electron chi connectivity index (χ3n) is 4.83. The van der Waals surface area contributed by atoms with Crippen molar-refractivity contribution in [1.82, 2.24) is 0 Å². The molecule has 0 saturated heterocycles. The van der Waals surface area contributed by atoms with Gasteiger partial charge in [-0.2, -0.15) is 13.2 Å². The normalized spacial score (nSPS) is 11.6. The molecule has 0 aliphatic heterocycles. The first-order chi connectivity index (χ1) is 15.1. The molecule has 0 bridgehead atoms. The number of hydrogen-bond donors (Lipinski definition) is 1. The summed E-state index contributed by atoms with van der Waals surface area (Å²) in [5.41, 5.74) is 2.91. The van der Waals surface area contributed by atoms with Crippen LogP contribution in [0.5, 0.6) is 5.75 Å². The van der Waals surface area contributed by atoms with E-state index in [2.05, 4.69) is 0 Å². The lowest BCUT2D eigenvalue weighted by molar-refractivity contribution is -0.139. The van der Waals surface area contributed by atoms with Gasteiger partial charge in [0.2, 0.25) is 0 Å². The molecule has 3 aromatic rings. The molecule has 0 amide bonds. The summed E-state index contributed by atoms with van der Waals surface area (Å²) < 4.78 is 43.8. The highest BCUT2D eigenvalue weighted by Gasteiger charge is 2.29. The molecule has 0 heterocycles. The van der Waals surface area contributed by atoms with Gasteiger partial charge in [-0.25, -0.2) is 4.79 Å². The van der Waals surface area contributed by atoms with Crippen molar-refractivity contribution in [3.05, 3.63) is 83.4 Å². The van der Waals surface area contributed by atoms with Crippen molar-refractivity contribution < 1.29 is 27.8 Å². The summed E-state index contributed by atoms with van der Waals surface area (Å²) >= 11 is 1.63. The maximum absolute atomic E-state index is 12.8. The maximum Gasteiger partial charge on any atom is 0.416 e. The molecule has 0 fully saturated rings. The van der Waals surface area contributed by atoms with Crippen LogP contribution in [0.4, 0.5) is 13.2 Å². The third-order valence-corrected chi connectivity index (χ3v) is 5.90. The Labute approximate surface area is 189 Å². The van der Waals surface area contributed by atoms with Gasteiger partial charge in [-0.05, 0) is 58.5 Å². The number of thioether (sulfide) groups is 1. The van der Waals surface area contributed by atoms with E-state index in [1.165, 1.54) is 12.1 Å². The molecular formula is C25H23F3O3S. The van der Waals surface area contributed by atoms with Gasteiger partial charge in [-0.1, -0.05) is 50.2 Å². The number of benzene rings is 3. The van der Waals surface area contributed by atoms with Gasteiger partial charge in [0.15, 0.2) is 6.61 Å². The Hall–Kier alpha value is -2.93. The topological polar surface area (TPSA) is 46.5 Å². The summed E-state index contributed by atoms with van der Waals surface area (Å²) in [5, 5.41) is 8.84. The minimum atomic E-state index is -4.35. The molecule has 0 unspecified atom stereocenters. The average Bonchev–Trinajstić information content (AvgIpc) is 2.76. The highest BCUT2D eigenvalue weighted by Crippen LogP contribution is 2.34. The first-order valence-electron chi connectivity index (χ1n) is 10.0. The van der Waals surface area contributed by atoms with Crippen molar-refractivity contribution in [1.29, 1.82) is 0 Å². The Morgan fingerprint density at radius 1 is 1.00 bits per heavy atom. The second kappa shape index (κ2) is 10.1. The zero-order valence-electron chi connectivity index (χ0n) is 17.6. The van der Waals surface area contributed by atoms with E-state index in [0.717, 1.165) is 39.3 Å². The first-order valence-corrected chi connectivity index (χ1v) is 11.0. The smallest absolute Gasteiger partial charge is 0.416 e. The second-order valence-corrected chi connectivity index (χ2v) is 8.65. The van der Waals surface area contributed by atoms with Gasteiger partial charge in [-0.3, -0.25) is 0 Å². The third kappa shape index (κ3) is 6.29. The van der Waals surface area contributed by atoms with Gasteiger partial charge in [-0.15, -0.1) is 11.8 Å². The molecule has 0 atom stereocenters. The summed E-state index contributed by atoms with van der Waals surface area (Å²) in [6, 6.07) is 18.6. The SMILES string of the molecule is CC(C)c1cc(SCc2cccc(-c3ccc(C(F)(F)F)cc3)c2)ccc1OCC(=O)O. The fraction of sp³-hybridized carbons (Fsp3) is 0.240. The Kier molecular flexibility index (Phi) is 7.51. The van der Waals surface area contributed by atoms with E-state index >= 15 is 0 Å². The van der Waals surface area contributed by atoms with E-state index in [4.69, 9.17) is 9.84 Å². The number of ether oxygens (including phenoxy) is 1. The summed E-state index contributed by atoms with van der Waals surface area (Å²) in [6.45, 7) is 3.65. The lowest BCUT2D eigenvalue weighted by Gasteiger charge is -2.15. The van der Waals surface area contributed by atoms with Crippen molar-refractivity contribution in [3.8, 4) is 16.9 Å². The number of carboxylic acid groups (broad SMARTS) is 1. The van der Waals surface area contributed by atoms with E-state index in [-0.39, 0.29) is 12.5 Å². The minimum Gasteiger partial charge on any atom is -0.482 e. The quantitative estimate of drug-likeness (QED) is 0.360. The van der Waals surface area contributed by atoms with Crippen molar-refractivity contribution >= 4 is 17.7 Å². The van der Waals surface area contributed by atoms with Crippen LogP contribution in [0.2, 0.25) is 0 Å². The zero-order chi connectivity index (χ0) is 23.3. The van der Waals surface area contributed by atoms with Crippen LogP contribution >= 0.6 is 11.8 Å². The largest absolute Gasteiger partial charge is 0.482 e. The molecule has 3 rings (SSSR count). The van der Waals surface area contributed by atoms with Crippen LogP contribution in [0.25, 0.3) is 11.1 Å². The molecular weight excluding hydrogens is 437 g/mol. The highest BCUT2D eigenvalue weighted by atomic mass is 32.2. The molecule has 0 aromatic heterocycles. The molecule has 0 saturated carbocycles. The molecule has 0 spiro atoms. The lowest BCUT2D eigenvalue weighted by atomic mass is 10.0. The van der Waals surface area contributed by atoms with Gasteiger partial charge in [0.25, 0.3) is 0 Å². The molecule has 0 aliphatic rings. The van der Waals surface area contributed by atoms with E-state index in [9.17, 15) is 18.0 Å². The van der Waals surface area contributed by atoms with Crippen LogP contribution in [-0.4, -0.2) is 17.7 Å². The summed E-state index contributed by atoms with van der Waals surface area (Å²) in [4.78, 5) is 11.8. The van der Waals surface area contributed by atoms with E-state index < -0.39 is 17.7 Å². The fourth-order valence-corrected chi connectivity index (χ4v) is 4.08. The van der Waals surface area contributed by atoms with Gasteiger partial charge in [0.05, 0.1) is 5.56 Å². The van der Waals surface area contributed by atoms with E-state index in [1.807, 2.05) is 50.2 Å². The summed E-state index contributed by atoms with van der Waals surface area (Å²) in [6.07, 6.45) is -4.35.